The monoisotopic (exact) mass is 325 g/mol. The van der Waals surface area contributed by atoms with Crippen molar-refractivity contribution < 1.29 is 9.59 Å². The number of hydrogen-bond donors (Lipinski definition) is 1. The Morgan fingerprint density at radius 1 is 1.45 bits per heavy atom. The third kappa shape index (κ3) is 6.60. The Kier molecular flexibility index (Phi) is 8.93. The number of carbonyl (C=O) groups excluding carboxylic acids is 2. The molecule has 3 nitrogen and oxygen atoms in total. The van der Waals surface area contributed by atoms with Gasteiger partial charge in [-0.1, -0.05) is 26.3 Å². The summed E-state index contributed by atoms with van der Waals surface area (Å²) in [5, 5.41) is 3.39. The average molecular weight is 325 g/mol. The number of Topliss-reactive ketones (excluding diaryl/α,β-unsaturated/α-hetero) is 2. The summed E-state index contributed by atoms with van der Waals surface area (Å²) in [5.41, 5.74) is 1.26. The van der Waals surface area contributed by atoms with Crippen molar-refractivity contribution in [3.63, 3.8) is 0 Å². The SMILES string of the molecule is CCCC(CC(C)CCC(C)=O)C1=CCC(CP)C(=O)CN1. The first-order chi connectivity index (χ1) is 10.5. The van der Waals surface area contributed by atoms with E-state index < -0.39 is 0 Å². The van der Waals surface area contributed by atoms with Gasteiger partial charge < -0.3 is 10.1 Å². The molecule has 0 aromatic rings. The van der Waals surface area contributed by atoms with Crippen molar-refractivity contribution >= 4 is 20.8 Å². The lowest BCUT2D eigenvalue weighted by Gasteiger charge is -2.24. The maximum atomic E-state index is 12.0. The Balaban J connectivity index is 2.66. The largest absolute Gasteiger partial charge is 0.381 e. The summed E-state index contributed by atoms with van der Waals surface area (Å²) in [6.07, 6.45) is 8.98. The van der Waals surface area contributed by atoms with Crippen LogP contribution >= 0.6 is 9.24 Å². The van der Waals surface area contributed by atoms with Crippen LogP contribution in [0.1, 0.15) is 59.3 Å². The molecule has 0 fully saturated rings. The van der Waals surface area contributed by atoms with Gasteiger partial charge in [0.2, 0.25) is 0 Å². The molecule has 4 heteroatoms. The lowest BCUT2D eigenvalue weighted by Crippen LogP contribution is -2.28. The van der Waals surface area contributed by atoms with E-state index >= 15 is 0 Å². The Hall–Kier alpha value is -0.690. The second-order valence-electron chi connectivity index (χ2n) is 6.71. The van der Waals surface area contributed by atoms with Gasteiger partial charge in [-0.05, 0) is 50.6 Å². The lowest BCUT2D eigenvalue weighted by molar-refractivity contribution is -0.121. The Labute approximate surface area is 137 Å². The highest BCUT2D eigenvalue weighted by Gasteiger charge is 2.23. The molecule has 0 saturated heterocycles. The van der Waals surface area contributed by atoms with Crippen molar-refractivity contribution in [1.82, 2.24) is 5.32 Å². The van der Waals surface area contributed by atoms with Crippen molar-refractivity contribution in [2.45, 2.75) is 59.3 Å². The molecular formula is C18H32NO2P. The maximum Gasteiger partial charge on any atom is 0.155 e. The predicted octanol–water partition coefficient (Wildman–Crippen LogP) is 3.74. The van der Waals surface area contributed by atoms with Gasteiger partial charge in [0.15, 0.2) is 5.78 Å². The van der Waals surface area contributed by atoms with Gasteiger partial charge in [-0.2, -0.15) is 0 Å². The molecule has 1 aliphatic heterocycles. The summed E-state index contributed by atoms with van der Waals surface area (Å²) < 4.78 is 0. The van der Waals surface area contributed by atoms with Crippen LogP contribution in [0.4, 0.5) is 0 Å². The van der Waals surface area contributed by atoms with Crippen LogP contribution < -0.4 is 5.32 Å². The van der Waals surface area contributed by atoms with Crippen LogP contribution in [-0.4, -0.2) is 24.3 Å². The number of ketones is 2. The molecule has 0 saturated carbocycles. The van der Waals surface area contributed by atoms with Gasteiger partial charge in [0.25, 0.3) is 0 Å². The van der Waals surface area contributed by atoms with Gasteiger partial charge in [-0.3, -0.25) is 4.79 Å². The highest BCUT2D eigenvalue weighted by atomic mass is 31.0. The predicted molar refractivity (Wildman–Crippen MR) is 95.9 cm³/mol. The summed E-state index contributed by atoms with van der Waals surface area (Å²) in [6.45, 7) is 6.58. The standard InChI is InChI=1S/C18H32NO2P/c1-4-5-15(10-13(2)6-7-14(3)20)17-9-8-16(12-22)18(21)11-19-17/h9,13,15-16,19H,4-8,10-12,22H2,1-3H3. The van der Waals surface area contributed by atoms with Crippen molar-refractivity contribution in [3.05, 3.63) is 11.8 Å². The Bertz CT molecular complexity index is 406. The highest BCUT2D eigenvalue weighted by molar-refractivity contribution is 7.16. The highest BCUT2D eigenvalue weighted by Crippen LogP contribution is 2.28. The number of nitrogens with one attached hydrogen (secondary N) is 1. The fourth-order valence-electron chi connectivity index (χ4n) is 3.15. The zero-order chi connectivity index (χ0) is 16.5. The molecule has 4 atom stereocenters. The second-order valence-corrected chi connectivity index (χ2v) is 7.19. The van der Waals surface area contributed by atoms with E-state index in [1.165, 1.54) is 5.70 Å². The number of allylic oxidation sites excluding steroid dienone is 2. The fraction of sp³-hybridized carbons (Fsp3) is 0.778. The molecule has 1 aliphatic rings. The molecule has 1 N–H and O–H groups in total. The molecule has 1 heterocycles. The summed E-state index contributed by atoms with van der Waals surface area (Å²) in [4.78, 5) is 23.2. The van der Waals surface area contributed by atoms with Gasteiger partial charge >= 0.3 is 0 Å². The molecule has 1 rings (SSSR count). The number of hydrogen-bond acceptors (Lipinski definition) is 3. The van der Waals surface area contributed by atoms with Crippen molar-refractivity contribution in [2.24, 2.45) is 17.8 Å². The van der Waals surface area contributed by atoms with E-state index in [-0.39, 0.29) is 11.7 Å². The van der Waals surface area contributed by atoms with Crippen molar-refractivity contribution in [3.8, 4) is 0 Å². The molecule has 126 valence electrons. The van der Waals surface area contributed by atoms with E-state index in [1.807, 2.05) is 0 Å². The number of rotatable bonds is 9. The second kappa shape index (κ2) is 10.2. The zero-order valence-corrected chi connectivity index (χ0v) is 15.5. The third-order valence-electron chi connectivity index (χ3n) is 4.58. The first-order valence-corrected chi connectivity index (χ1v) is 9.45. The number of carbonyl (C=O) groups is 2. The van der Waals surface area contributed by atoms with Crippen LogP contribution in [0.25, 0.3) is 0 Å². The summed E-state index contributed by atoms with van der Waals surface area (Å²) >= 11 is 0. The van der Waals surface area contributed by atoms with Gasteiger partial charge in [-0.25, -0.2) is 0 Å². The molecule has 4 unspecified atom stereocenters. The summed E-state index contributed by atoms with van der Waals surface area (Å²) in [6, 6.07) is 0. The van der Waals surface area contributed by atoms with Gasteiger partial charge in [0.05, 0.1) is 6.54 Å². The molecule has 0 bridgehead atoms. The summed E-state index contributed by atoms with van der Waals surface area (Å²) in [7, 11) is 2.69. The van der Waals surface area contributed by atoms with Crippen LogP contribution in [-0.2, 0) is 9.59 Å². The third-order valence-corrected chi connectivity index (χ3v) is 5.15. The summed E-state index contributed by atoms with van der Waals surface area (Å²) in [5.74, 6) is 1.77. The molecule has 22 heavy (non-hydrogen) atoms. The van der Waals surface area contributed by atoms with Crippen LogP contribution in [0.5, 0.6) is 0 Å². The van der Waals surface area contributed by atoms with Gasteiger partial charge in [-0.15, -0.1) is 9.24 Å². The molecular weight excluding hydrogens is 293 g/mol. The zero-order valence-electron chi connectivity index (χ0n) is 14.4. The van der Waals surface area contributed by atoms with Crippen LogP contribution in [0.2, 0.25) is 0 Å². The van der Waals surface area contributed by atoms with E-state index in [2.05, 4.69) is 34.5 Å². The molecule has 0 amide bonds. The van der Waals surface area contributed by atoms with Gasteiger partial charge in [0.1, 0.15) is 5.78 Å². The first-order valence-electron chi connectivity index (χ1n) is 8.64. The average Bonchev–Trinajstić information content (AvgIpc) is 2.66. The molecule has 0 aliphatic carbocycles. The van der Waals surface area contributed by atoms with E-state index in [0.717, 1.165) is 38.3 Å². The first kappa shape index (κ1) is 19.4. The molecule has 0 aromatic carbocycles. The van der Waals surface area contributed by atoms with Crippen molar-refractivity contribution in [1.29, 1.82) is 0 Å². The van der Waals surface area contributed by atoms with Crippen LogP contribution in [0.3, 0.4) is 0 Å². The van der Waals surface area contributed by atoms with Crippen molar-refractivity contribution in [2.75, 3.05) is 12.7 Å². The Morgan fingerprint density at radius 3 is 2.77 bits per heavy atom. The normalized spacial score (nSPS) is 21.5. The molecule has 0 aromatic heterocycles. The quantitative estimate of drug-likeness (QED) is 0.657. The van der Waals surface area contributed by atoms with Crippen LogP contribution in [0, 0.1) is 17.8 Å². The molecule has 0 radical (unpaired) electrons. The fourth-order valence-corrected chi connectivity index (χ4v) is 3.60. The minimum absolute atomic E-state index is 0.146. The van der Waals surface area contributed by atoms with Gasteiger partial charge in [0, 0.05) is 18.0 Å². The minimum Gasteiger partial charge on any atom is -0.381 e. The molecule has 0 spiro atoms. The lowest BCUT2D eigenvalue weighted by atomic mass is 9.86. The van der Waals surface area contributed by atoms with Crippen LogP contribution in [0.15, 0.2) is 11.8 Å². The van der Waals surface area contributed by atoms with E-state index in [1.54, 1.807) is 6.92 Å². The smallest absolute Gasteiger partial charge is 0.155 e. The maximum absolute atomic E-state index is 12.0. The Morgan fingerprint density at radius 2 is 2.18 bits per heavy atom. The topological polar surface area (TPSA) is 46.2 Å². The van der Waals surface area contributed by atoms with E-state index in [4.69, 9.17) is 0 Å². The minimum atomic E-state index is 0.146. The van der Waals surface area contributed by atoms with E-state index in [9.17, 15) is 9.59 Å². The van der Waals surface area contributed by atoms with E-state index in [0.29, 0.717) is 30.6 Å².